The highest BCUT2D eigenvalue weighted by Gasteiger charge is 2.55. The molecule has 1 aliphatic heterocycles. The van der Waals surface area contributed by atoms with Gasteiger partial charge in [-0.3, -0.25) is 18.9 Å². The number of phosphoric ester groups is 1. The van der Waals surface area contributed by atoms with Crippen molar-refractivity contribution in [2.45, 2.75) is 31.0 Å². The fourth-order valence-electron chi connectivity index (χ4n) is 2.34. The number of nitrogens with zero attached hydrogens (tertiary/aromatic N) is 1. The number of aliphatic hydroxyl groups excluding tert-OH is 2. The second-order valence-electron chi connectivity index (χ2n) is 4.88. The summed E-state index contributed by atoms with van der Waals surface area (Å²) in [6.07, 6.45) is -2.97. The SMILES string of the molecule is C[C@@]1(n2ccc(=O)[nH]c2=S)O[C@H](CO)[C@@H](OP(=O)(O)O)[C@H]1O. The number of hydrogen-bond donors (Lipinski definition) is 5. The molecule has 0 radical (unpaired) electrons. The van der Waals surface area contributed by atoms with Gasteiger partial charge in [0.15, 0.2) is 10.5 Å². The molecule has 0 aromatic carbocycles. The van der Waals surface area contributed by atoms with Crippen molar-refractivity contribution in [2.75, 3.05) is 6.61 Å². The number of aromatic nitrogens is 2. The molecule has 0 aliphatic carbocycles. The van der Waals surface area contributed by atoms with Gasteiger partial charge in [-0.25, -0.2) is 4.57 Å². The zero-order valence-electron chi connectivity index (χ0n) is 11.3. The van der Waals surface area contributed by atoms with E-state index in [9.17, 15) is 19.6 Å². The lowest BCUT2D eigenvalue weighted by Crippen LogP contribution is -2.44. The maximum absolute atomic E-state index is 11.2. The molecule has 1 saturated heterocycles. The van der Waals surface area contributed by atoms with Crippen LogP contribution in [0.5, 0.6) is 0 Å². The van der Waals surface area contributed by atoms with Crippen LogP contribution in [0.3, 0.4) is 0 Å². The molecule has 4 atom stereocenters. The third-order valence-corrected chi connectivity index (χ3v) is 4.17. The molecule has 2 rings (SSSR count). The van der Waals surface area contributed by atoms with Gasteiger partial charge in [-0.1, -0.05) is 0 Å². The van der Waals surface area contributed by atoms with Crippen LogP contribution in [0.4, 0.5) is 0 Å². The molecule has 10 nitrogen and oxygen atoms in total. The van der Waals surface area contributed by atoms with Crippen LogP contribution in [0.25, 0.3) is 0 Å². The van der Waals surface area contributed by atoms with Gasteiger partial charge >= 0.3 is 7.82 Å². The van der Waals surface area contributed by atoms with E-state index in [-0.39, 0.29) is 4.77 Å². The summed E-state index contributed by atoms with van der Waals surface area (Å²) in [4.78, 5) is 31.4. The zero-order valence-corrected chi connectivity index (χ0v) is 13.0. The van der Waals surface area contributed by atoms with Crippen molar-refractivity contribution in [3.63, 3.8) is 0 Å². The van der Waals surface area contributed by atoms with Crippen molar-refractivity contribution in [2.24, 2.45) is 0 Å². The van der Waals surface area contributed by atoms with Crippen molar-refractivity contribution < 1.29 is 33.8 Å². The number of rotatable bonds is 4. The van der Waals surface area contributed by atoms with Crippen molar-refractivity contribution in [3.05, 3.63) is 27.4 Å². The van der Waals surface area contributed by atoms with Crippen LogP contribution in [0.2, 0.25) is 0 Å². The van der Waals surface area contributed by atoms with Gasteiger partial charge in [-0.15, -0.1) is 0 Å². The zero-order chi connectivity index (χ0) is 16.7. The highest BCUT2D eigenvalue weighted by atomic mass is 32.1. The Kier molecular flexibility index (Phi) is 4.71. The molecule has 1 aliphatic rings. The minimum atomic E-state index is -4.91. The van der Waals surface area contributed by atoms with E-state index in [1.54, 1.807) is 0 Å². The standard InChI is InChI=1S/C10H15N2O8PS/c1-10(12-3-2-6(14)11-9(12)22)8(15)7(5(4-13)19-10)20-21(16,17)18/h2-3,5,7-8,13,15H,4H2,1H3,(H,11,14,22)(H2,16,17,18)/t5-,7-,8-,10-/m1/s1. The molecule has 0 bridgehead atoms. The Morgan fingerprint density at radius 3 is 2.73 bits per heavy atom. The van der Waals surface area contributed by atoms with E-state index in [2.05, 4.69) is 9.51 Å². The molecule has 124 valence electrons. The van der Waals surface area contributed by atoms with E-state index in [0.29, 0.717) is 0 Å². The summed E-state index contributed by atoms with van der Waals surface area (Å²) in [5.74, 6) is 0. The number of H-pyrrole nitrogens is 1. The molecule has 1 fully saturated rings. The Balaban J connectivity index is 2.45. The molecular formula is C10H15N2O8PS. The second-order valence-corrected chi connectivity index (χ2v) is 6.46. The lowest BCUT2D eigenvalue weighted by Gasteiger charge is -2.30. The molecule has 12 heteroatoms. The minimum absolute atomic E-state index is 0.0671. The highest BCUT2D eigenvalue weighted by Crippen LogP contribution is 2.45. The fourth-order valence-corrected chi connectivity index (χ4v) is 3.25. The van der Waals surface area contributed by atoms with Crippen LogP contribution < -0.4 is 5.56 Å². The fraction of sp³-hybridized carbons (Fsp3) is 0.600. The summed E-state index contributed by atoms with van der Waals surface area (Å²) in [7, 11) is -4.91. The minimum Gasteiger partial charge on any atom is -0.394 e. The maximum Gasteiger partial charge on any atom is 0.470 e. The van der Waals surface area contributed by atoms with E-state index >= 15 is 0 Å². The number of nitrogens with one attached hydrogen (secondary N) is 1. The third-order valence-electron chi connectivity index (χ3n) is 3.36. The number of phosphoric acid groups is 1. The molecule has 5 N–H and O–H groups in total. The average Bonchev–Trinajstić information content (AvgIpc) is 2.62. The molecule has 2 heterocycles. The number of aromatic amines is 1. The first-order chi connectivity index (χ1) is 10.1. The summed E-state index contributed by atoms with van der Waals surface area (Å²) < 4.78 is 22.1. The number of ether oxygens (including phenoxy) is 1. The van der Waals surface area contributed by atoms with Crippen molar-refractivity contribution >= 4 is 20.0 Å². The van der Waals surface area contributed by atoms with E-state index in [0.717, 1.165) is 6.07 Å². The Labute approximate surface area is 129 Å². The van der Waals surface area contributed by atoms with Crippen LogP contribution in [0.1, 0.15) is 6.92 Å². The Bertz CT molecular complexity index is 713. The molecular weight excluding hydrogens is 339 g/mol. The van der Waals surface area contributed by atoms with Gasteiger partial charge in [0, 0.05) is 12.3 Å². The first-order valence-electron chi connectivity index (χ1n) is 6.11. The van der Waals surface area contributed by atoms with Gasteiger partial charge in [-0.2, -0.15) is 0 Å². The number of hydrogen-bond acceptors (Lipinski definition) is 7. The van der Waals surface area contributed by atoms with Gasteiger partial charge in [0.25, 0.3) is 5.56 Å². The molecule has 1 aromatic heterocycles. The van der Waals surface area contributed by atoms with Crippen LogP contribution in [-0.4, -0.2) is 54.5 Å². The molecule has 1 aromatic rings. The van der Waals surface area contributed by atoms with Crippen molar-refractivity contribution in [1.82, 2.24) is 9.55 Å². The Hall–Kier alpha value is -0.910. The summed E-state index contributed by atoms with van der Waals surface area (Å²) >= 11 is 4.98. The second kappa shape index (κ2) is 5.95. The van der Waals surface area contributed by atoms with E-state index < -0.39 is 44.0 Å². The van der Waals surface area contributed by atoms with Crippen LogP contribution >= 0.6 is 20.0 Å². The van der Waals surface area contributed by atoms with Gasteiger partial charge in [0.1, 0.15) is 18.3 Å². The molecule has 0 spiro atoms. The van der Waals surface area contributed by atoms with Gasteiger partial charge in [-0.05, 0) is 19.1 Å². The highest BCUT2D eigenvalue weighted by molar-refractivity contribution is 7.71. The summed E-state index contributed by atoms with van der Waals surface area (Å²) in [6.45, 7) is 0.742. The Morgan fingerprint density at radius 1 is 1.59 bits per heavy atom. The monoisotopic (exact) mass is 354 g/mol. The lowest BCUT2D eigenvalue weighted by atomic mass is 10.0. The van der Waals surface area contributed by atoms with E-state index in [4.69, 9.17) is 26.7 Å². The lowest BCUT2D eigenvalue weighted by molar-refractivity contribution is -0.136. The summed E-state index contributed by atoms with van der Waals surface area (Å²) in [5.41, 5.74) is -2.05. The van der Waals surface area contributed by atoms with Crippen LogP contribution in [-0.2, 0) is 19.6 Å². The van der Waals surface area contributed by atoms with Gasteiger partial charge < -0.3 is 24.7 Å². The van der Waals surface area contributed by atoms with E-state index in [1.807, 2.05) is 0 Å². The average molecular weight is 354 g/mol. The Morgan fingerprint density at radius 2 is 2.23 bits per heavy atom. The van der Waals surface area contributed by atoms with Crippen LogP contribution in [0, 0.1) is 4.77 Å². The predicted octanol–water partition coefficient (Wildman–Crippen LogP) is -1.19. The van der Waals surface area contributed by atoms with Gasteiger partial charge in [0.2, 0.25) is 0 Å². The quantitative estimate of drug-likeness (QED) is 0.331. The van der Waals surface area contributed by atoms with Gasteiger partial charge in [0.05, 0.1) is 6.61 Å². The summed E-state index contributed by atoms with van der Waals surface area (Å²) in [5, 5.41) is 19.6. The normalized spacial score (nSPS) is 32.3. The van der Waals surface area contributed by atoms with Crippen molar-refractivity contribution in [1.29, 1.82) is 0 Å². The molecule has 0 amide bonds. The molecule has 0 unspecified atom stereocenters. The van der Waals surface area contributed by atoms with Crippen molar-refractivity contribution in [3.8, 4) is 0 Å². The smallest absolute Gasteiger partial charge is 0.394 e. The maximum atomic E-state index is 11.2. The predicted molar refractivity (Wildman–Crippen MR) is 74.4 cm³/mol. The number of aliphatic hydroxyl groups is 2. The summed E-state index contributed by atoms with van der Waals surface area (Å²) in [6, 6.07) is 1.14. The van der Waals surface area contributed by atoms with E-state index in [1.165, 1.54) is 17.7 Å². The topological polar surface area (TPSA) is 154 Å². The first-order valence-corrected chi connectivity index (χ1v) is 8.05. The molecule has 22 heavy (non-hydrogen) atoms. The van der Waals surface area contributed by atoms with Crippen LogP contribution in [0.15, 0.2) is 17.1 Å². The molecule has 0 saturated carbocycles. The third kappa shape index (κ3) is 3.21. The first kappa shape index (κ1) is 17.4. The largest absolute Gasteiger partial charge is 0.470 e.